The molecule has 7 nitrogen and oxygen atoms in total. The van der Waals surface area contributed by atoms with Gasteiger partial charge in [-0.3, -0.25) is 9.59 Å². The van der Waals surface area contributed by atoms with Gasteiger partial charge in [0.05, 0.1) is 46.4 Å². The Hall–Kier alpha value is -2.48. The van der Waals surface area contributed by atoms with E-state index in [0.717, 1.165) is 12.1 Å². The van der Waals surface area contributed by atoms with Crippen LogP contribution in [0.5, 0.6) is 0 Å². The third-order valence-electron chi connectivity index (χ3n) is 6.34. The van der Waals surface area contributed by atoms with E-state index in [4.69, 9.17) is 10.00 Å². The molecule has 2 amide bonds. The van der Waals surface area contributed by atoms with Crippen LogP contribution in [0.2, 0.25) is 0 Å². The minimum atomic E-state index is -4.97. The average Bonchev–Trinajstić information content (AvgIpc) is 3.16. The summed E-state index contributed by atoms with van der Waals surface area (Å²) in [5.41, 5.74) is -5.56. The Morgan fingerprint density at radius 2 is 1.97 bits per heavy atom. The van der Waals surface area contributed by atoms with Crippen molar-refractivity contribution in [2.24, 2.45) is 11.8 Å². The van der Waals surface area contributed by atoms with Gasteiger partial charge in [-0.1, -0.05) is 6.07 Å². The number of fused-ring (bicyclic) bond motifs is 5. The van der Waals surface area contributed by atoms with Gasteiger partial charge < -0.3 is 14.9 Å². The quantitative estimate of drug-likeness (QED) is 0.728. The van der Waals surface area contributed by atoms with Crippen molar-refractivity contribution in [1.82, 2.24) is 0 Å². The van der Waals surface area contributed by atoms with Gasteiger partial charge in [0.1, 0.15) is 5.60 Å². The summed E-state index contributed by atoms with van der Waals surface area (Å²) in [4.78, 5) is 26.8. The number of hydrogen-bond donors (Lipinski definition) is 2. The third kappa shape index (κ3) is 2.41. The second kappa shape index (κ2) is 6.01. The summed E-state index contributed by atoms with van der Waals surface area (Å²) in [6.45, 7) is 1.07. The zero-order valence-corrected chi connectivity index (χ0v) is 15.2. The van der Waals surface area contributed by atoms with Crippen molar-refractivity contribution < 1.29 is 37.7 Å². The molecule has 1 aromatic carbocycles. The first-order valence-corrected chi connectivity index (χ1v) is 8.99. The molecule has 5 unspecified atom stereocenters. The number of alkyl halides is 3. The lowest BCUT2D eigenvalue weighted by Gasteiger charge is -2.33. The molecule has 0 spiro atoms. The highest BCUT2D eigenvalue weighted by Crippen LogP contribution is 2.62. The Labute approximate surface area is 163 Å². The lowest BCUT2D eigenvalue weighted by atomic mass is 9.66. The van der Waals surface area contributed by atoms with Crippen LogP contribution < -0.4 is 4.90 Å². The highest BCUT2D eigenvalue weighted by molar-refractivity contribution is 6.23. The molecule has 1 aromatic rings. The third-order valence-corrected chi connectivity index (χ3v) is 6.34. The number of anilines is 1. The van der Waals surface area contributed by atoms with Crippen LogP contribution in [0.15, 0.2) is 18.2 Å². The molecule has 3 aliphatic rings. The average molecular weight is 410 g/mol. The molecule has 3 saturated heterocycles. The fraction of sp³-hybridized carbons (Fsp3) is 0.526. The minimum Gasteiger partial charge on any atom is -0.396 e. The van der Waals surface area contributed by atoms with Gasteiger partial charge in [0.15, 0.2) is 0 Å². The van der Waals surface area contributed by atoms with E-state index in [9.17, 15) is 33.0 Å². The largest absolute Gasteiger partial charge is 0.419 e. The van der Waals surface area contributed by atoms with Gasteiger partial charge in [-0.25, -0.2) is 4.90 Å². The van der Waals surface area contributed by atoms with Crippen LogP contribution in [0.25, 0.3) is 0 Å². The number of nitriles is 1. The molecule has 2 bridgehead atoms. The Bertz CT molecular complexity index is 958. The van der Waals surface area contributed by atoms with E-state index in [1.165, 1.54) is 19.1 Å². The van der Waals surface area contributed by atoms with Crippen molar-refractivity contribution in [1.29, 1.82) is 5.26 Å². The topological polar surface area (TPSA) is 111 Å². The second-order valence-corrected chi connectivity index (χ2v) is 7.82. The highest BCUT2D eigenvalue weighted by Gasteiger charge is 2.77. The van der Waals surface area contributed by atoms with Gasteiger partial charge in [0, 0.05) is 19.4 Å². The maximum atomic E-state index is 13.7. The molecule has 3 heterocycles. The van der Waals surface area contributed by atoms with Crippen molar-refractivity contribution >= 4 is 17.5 Å². The molecule has 154 valence electrons. The van der Waals surface area contributed by atoms with E-state index in [-0.39, 0.29) is 19.4 Å². The zero-order chi connectivity index (χ0) is 21.4. The SMILES string of the molecule is CC12OC(CCO)(CC1O)C1C(=O)N(c3cccc(C#N)c3C(F)(F)F)C(=O)C12. The predicted octanol–water partition coefficient (Wildman–Crippen LogP) is 1.36. The molecular weight excluding hydrogens is 393 g/mol. The molecule has 0 saturated carbocycles. The second-order valence-electron chi connectivity index (χ2n) is 7.82. The van der Waals surface area contributed by atoms with Crippen LogP contribution in [-0.2, 0) is 20.5 Å². The first-order chi connectivity index (χ1) is 13.5. The lowest BCUT2D eigenvalue weighted by Crippen LogP contribution is -2.49. The molecule has 0 aliphatic carbocycles. The first kappa shape index (κ1) is 19.8. The highest BCUT2D eigenvalue weighted by atomic mass is 19.4. The van der Waals surface area contributed by atoms with Crippen molar-refractivity contribution in [3.05, 3.63) is 29.3 Å². The normalized spacial score (nSPS) is 35.9. The fourth-order valence-electron chi connectivity index (χ4n) is 5.17. The van der Waals surface area contributed by atoms with Crippen LogP contribution in [0, 0.1) is 23.2 Å². The maximum absolute atomic E-state index is 13.7. The Kier molecular flexibility index (Phi) is 4.11. The lowest BCUT2D eigenvalue weighted by molar-refractivity contribution is -0.138. The summed E-state index contributed by atoms with van der Waals surface area (Å²) in [5, 5.41) is 29.0. The van der Waals surface area contributed by atoms with Crippen molar-refractivity contribution in [3.8, 4) is 6.07 Å². The van der Waals surface area contributed by atoms with E-state index in [2.05, 4.69) is 0 Å². The number of rotatable bonds is 3. The smallest absolute Gasteiger partial charge is 0.396 e. The molecule has 3 aliphatic heterocycles. The van der Waals surface area contributed by atoms with Crippen LogP contribution in [0.4, 0.5) is 18.9 Å². The van der Waals surface area contributed by atoms with Gasteiger partial charge in [-0.05, 0) is 19.1 Å². The summed E-state index contributed by atoms with van der Waals surface area (Å²) in [6.07, 6.45) is -6.14. The van der Waals surface area contributed by atoms with Gasteiger partial charge >= 0.3 is 6.18 Å². The molecule has 2 N–H and O–H groups in total. The van der Waals surface area contributed by atoms with E-state index in [0.29, 0.717) is 4.90 Å². The van der Waals surface area contributed by atoms with Crippen molar-refractivity contribution in [2.45, 2.75) is 43.2 Å². The number of imide groups is 1. The van der Waals surface area contributed by atoms with Crippen molar-refractivity contribution in [2.75, 3.05) is 11.5 Å². The van der Waals surface area contributed by atoms with Crippen LogP contribution in [0.3, 0.4) is 0 Å². The molecule has 5 atom stereocenters. The van der Waals surface area contributed by atoms with E-state index < -0.39 is 63.9 Å². The van der Waals surface area contributed by atoms with Gasteiger partial charge in [-0.2, -0.15) is 18.4 Å². The van der Waals surface area contributed by atoms with Crippen LogP contribution in [-0.4, -0.2) is 45.9 Å². The Morgan fingerprint density at radius 3 is 2.55 bits per heavy atom. The number of hydrogen-bond acceptors (Lipinski definition) is 6. The number of carbonyl (C=O) groups excluding carboxylic acids is 2. The number of aliphatic hydroxyl groups is 2. The van der Waals surface area contributed by atoms with E-state index in [1.807, 2.05) is 0 Å². The Morgan fingerprint density at radius 1 is 1.31 bits per heavy atom. The molecule has 0 radical (unpaired) electrons. The van der Waals surface area contributed by atoms with Gasteiger partial charge in [-0.15, -0.1) is 0 Å². The predicted molar refractivity (Wildman–Crippen MR) is 90.2 cm³/mol. The zero-order valence-electron chi connectivity index (χ0n) is 15.2. The van der Waals surface area contributed by atoms with Crippen LogP contribution in [0.1, 0.15) is 30.9 Å². The number of ether oxygens (including phenoxy) is 1. The monoisotopic (exact) mass is 410 g/mol. The fourth-order valence-corrected chi connectivity index (χ4v) is 5.17. The minimum absolute atomic E-state index is 0.0115. The first-order valence-electron chi connectivity index (χ1n) is 8.99. The number of benzene rings is 1. The molecular formula is C19H17F3N2O5. The van der Waals surface area contributed by atoms with Gasteiger partial charge in [0.2, 0.25) is 11.8 Å². The maximum Gasteiger partial charge on any atom is 0.419 e. The van der Waals surface area contributed by atoms with E-state index >= 15 is 0 Å². The van der Waals surface area contributed by atoms with Crippen molar-refractivity contribution in [3.63, 3.8) is 0 Å². The molecule has 0 aromatic heterocycles. The summed E-state index contributed by atoms with van der Waals surface area (Å²) < 4.78 is 47.0. The van der Waals surface area contributed by atoms with Crippen LogP contribution >= 0.6 is 0 Å². The molecule has 4 rings (SSSR count). The number of carbonyl (C=O) groups is 2. The summed E-state index contributed by atoms with van der Waals surface area (Å²) in [7, 11) is 0. The molecule has 10 heteroatoms. The molecule has 29 heavy (non-hydrogen) atoms. The summed E-state index contributed by atoms with van der Waals surface area (Å²) in [6, 6.07) is 4.56. The number of aliphatic hydroxyl groups excluding tert-OH is 2. The summed E-state index contributed by atoms with van der Waals surface area (Å²) in [5.74, 6) is -4.11. The number of amides is 2. The standard InChI is InChI=1S/C19H17F3N2O5/c1-17-11(26)7-18(29-17,5-6-25)14-13(17)15(27)24(16(14)28)10-4-2-3-9(8-23)12(10)19(20,21)22/h2-4,11,13-14,25-26H,5-7H2,1H3. The molecule has 3 fully saturated rings. The number of halogens is 3. The van der Waals surface area contributed by atoms with E-state index in [1.54, 1.807) is 0 Å². The summed E-state index contributed by atoms with van der Waals surface area (Å²) >= 11 is 0. The number of nitrogens with zero attached hydrogens (tertiary/aromatic N) is 2. The van der Waals surface area contributed by atoms with Gasteiger partial charge in [0.25, 0.3) is 0 Å². The Balaban J connectivity index is 1.88.